The predicted molar refractivity (Wildman–Crippen MR) is 143 cm³/mol. The average Bonchev–Trinajstić information content (AvgIpc) is 2.83. The number of halogens is 2. The number of likely N-dealkylation sites (N-methyl/N-ethyl adjacent to an activating group) is 1. The van der Waals surface area contributed by atoms with Crippen molar-refractivity contribution in [3.8, 4) is 5.75 Å². The van der Waals surface area contributed by atoms with Crippen molar-refractivity contribution in [1.29, 1.82) is 0 Å². The van der Waals surface area contributed by atoms with E-state index in [1.165, 1.54) is 11.8 Å². The van der Waals surface area contributed by atoms with Gasteiger partial charge in [-0.25, -0.2) is 9.38 Å². The molecule has 0 bridgehead atoms. The Bertz CT molecular complexity index is 858. The van der Waals surface area contributed by atoms with Crippen LogP contribution < -0.4 is 15.0 Å². The van der Waals surface area contributed by atoms with Gasteiger partial charge in [-0.2, -0.15) is 0 Å². The maximum atomic E-state index is 13.7. The van der Waals surface area contributed by atoms with Crippen molar-refractivity contribution in [1.82, 2.24) is 10.2 Å². The number of hydrogen-bond acceptors (Lipinski definition) is 4. The van der Waals surface area contributed by atoms with Crippen LogP contribution in [0.25, 0.3) is 0 Å². The topological polar surface area (TPSA) is 60.3 Å². The summed E-state index contributed by atoms with van der Waals surface area (Å²) in [5.41, 5.74) is 2.37. The highest BCUT2D eigenvalue weighted by Gasteiger charge is 2.18. The SMILES string of the molecule is CCNC(=NCc1ccc(N2CCC(CO)CC2)cc1)N(C)CCOc1ccccc1F.I. The molecule has 6 nitrogen and oxygen atoms in total. The van der Waals surface area contributed by atoms with E-state index in [1.54, 1.807) is 18.2 Å². The first-order valence-electron chi connectivity index (χ1n) is 11.4. The Morgan fingerprint density at radius 2 is 1.88 bits per heavy atom. The number of guanidine groups is 1. The zero-order valence-electron chi connectivity index (χ0n) is 19.5. The van der Waals surface area contributed by atoms with Crippen molar-refractivity contribution < 1.29 is 14.2 Å². The Balaban J connectivity index is 0.00000385. The van der Waals surface area contributed by atoms with Gasteiger partial charge in [0, 0.05) is 39.0 Å². The molecule has 8 heteroatoms. The number of anilines is 1. The maximum absolute atomic E-state index is 13.7. The minimum absolute atomic E-state index is 0. The van der Waals surface area contributed by atoms with Crippen LogP contribution in [0.15, 0.2) is 53.5 Å². The third-order valence-electron chi connectivity index (χ3n) is 5.80. The van der Waals surface area contributed by atoms with Crippen molar-refractivity contribution in [3.63, 3.8) is 0 Å². The molecule has 2 aromatic rings. The third kappa shape index (κ3) is 8.33. The van der Waals surface area contributed by atoms with Gasteiger partial charge < -0.3 is 25.0 Å². The van der Waals surface area contributed by atoms with E-state index in [0.717, 1.165) is 44.0 Å². The summed E-state index contributed by atoms with van der Waals surface area (Å²) >= 11 is 0. The Morgan fingerprint density at radius 1 is 1.18 bits per heavy atom. The van der Waals surface area contributed by atoms with E-state index in [0.29, 0.717) is 32.2 Å². The molecule has 0 spiro atoms. The summed E-state index contributed by atoms with van der Waals surface area (Å²) in [6, 6.07) is 15.0. The lowest BCUT2D eigenvalue weighted by Crippen LogP contribution is -2.40. The molecular formula is C25H36FIN4O2. The van der Waals surface area contributed by atoms with Crippen molar-refractivity contribution in [2.24, 2.45) is 10.9 Å². The Morgan fingerprint density at radius 3 is 2.52 bits per heavy atom. The van der Waals surface area contributed by atoms with Crippen LogP contribution in [0.3, 0.4) is 0 Å². The minimum atomic E-state index is -0.350. The third-order valence-corrected chi connectivity index (χ3v) is 5.80. The molecule has 0 saturated carbocycles. The van der Waals surface area contributed by atoms with Gasteiger partial charge in [-0.15, -0.1) is 24.0 Å². The van der Waals surface area contributed by atoms with Crippen LogP contribution in [0.5, 0.6) is 5.75 Å². The van der Waals surface area contributed by atoms with Crippen molar-refractivity contribution in [3.05, 3.63) is 59.9 Å². The van der Waals surface area contributed by atoms with E-state index in [1.807, 2.05) is 18.9 Å². The summed E-state index contributed by atoms with van der Waals surface area (Å²) in [5.74, 6) is 1.15. The highest BCUT2D eigenvalue weighted by molar-refractivity contribution is 14.0. The standard InChI is InChI=1S/C25H35FN4O2.HI/c1-3-27-25(29(2)16-17-32-24-7-5-4-6-23(24)26)28-18-20-8-10-22(11-9-20)30-14-12-21(19-31)13-15-30;/h4-11,21,31H,3,12-19H2,1-2H3,(H,27,28);1H. The zero-order valence-corrected chi connectivity index (χ0v) is 21.9. The highest BCUT2D eigenvalue weighted by Crippen LogP contribution is 2.23. The number of aliphatic imine (C=N–C) groups is 1. The van der Waals surface area contributed by atoms with Gasteiger partial charge in [0.05, 0.1) is 13.1 Å². The van der Waals surface area contributed by atoms with Gasteiger partial charge in [0.25, 0.3) is 0 Å². The smallest absolute Gasteiger partial charge is 0.194 e. The van der Waals surface area contributed by atoms with Gasteiger partial charge in [0.1, 0.15) is 6.61 Å². The lowest BCUT2D eigenvalue weighted by atomic mass is 9.97. The normalized spacial score (nSPS) is 14.5. The molecule has 1 aliphatic rings. The first-order valence-corrected chi connectivity index (χ1v) is 11.4. The van der Waals surface area contributed by atoms with Gasteiger partial charge in [-0.1, -0.05) is 24.3 Å². The fraction of sp³-hybridized carbons (Fsp3) is 0.480. The minimum Gasteiger partial charge on any atom is -0.489 e. The molecule has 1 aliphatic heterocycles. The number of ether oxygens (including phenoxy) is 1. The van der Waals surface area contributed by atoms with Crippen LogP contribution >= 0.6 is 24.0 Å². The number of nitrogens with zero attached hydrogens (tertiary/aromatic N) is 3. The Hall–Kier alpha value is -2.07. The van der Waals surface area contributed by atoms with Crippen LogP contribution in [0.1, 0.15) is 25.3 Å². The monoisotopic (exact) mass is 570 g/mol. The van der Waals surface area contributed by atoms with E-state index < -0.39 is 0 Å². The molecule has 2 aromatic carbocycles. The molecule has 1 heterocycles. The Kier molecular flexibility index (Phi) is 11.7. The molecule has 0 aromatic heterocycles. The number of aliphatic hydroxyl groups is 1. The summed E-state index contributed by atoms with van der Waals surface area (Å²) in [6.45, 7) is 6.61. The van der Waals surface area contributed by atoms with Gasteiger partial charge in [-0.05, 0) is 55.5 Å². The Labute approximate surface area is 213 Å². The largest absolute Gasteiger partial charge is 0.489 e. The molecule has 3 rings (SSSR count). The second-order valence-electron chi connectivity index (χ2n) is 8.15. The van der Waals surface area contributed by atoms with Crippen LogP contribution in [0, 0.1) is 11.7 Å². The summed E-state index contributed by atoms with van der Waals surface area (Å²) in [7, 11) is 1.95. The number of benzene rings is 2. The van der Waals surface area contributed by atoms with Crippen molar-refractivity contribution in [2.45, 2.75) is 26.3 Å². The second kappa shape index (κ2) is 14.2. The van der Waals surface area contributed by atoms with E-state index in [9.17, 15) is 9.50 Å². The number of rotatable bonds is 9. The number of nitrogens with one attached hydrogen (secondary N) is 1. The lowest BCUT2D eigenvalue weighted by molar-refractivity contribution is 0.203. The summed E-state index contributed by atoms with van der Waals surface area (Å²) in [5, 5.41) is 12.6. The van der Waals surface area contributed by atoms with E-state index in [4.69, 9.17) is 9.73 Å². The van der Waals surface area contributed by atoms with Gasteiger partial charge in [0.2, 0.25) is 0 Å². The highest BCUT2D eigenvalue weighted by atomic mass is 127. The quantitative estimate of drug-likeness (QED) is 0.270. The molecule has 0 unspecified atom stereocenters. The van der Waals surface area contributed by atoms with Crippen molar-refractivity contribution >= 4 is 35.6 Å². The number of hydrogen-bond donors (Lipinski definition) is 2. The first-order chi connectivity index (χ1) is 15.6. The van der Waals surface area contributed by atoms with Gasteiger partial charge in [-0.3, -0.25) is 0 Å². The summed E-state index contributed by atoms with van der Waals surface area (Å²) in [6.07, 6.45) is 2.09. The van der Waals surface area contributed by atoms with E-state index >= 15 is 0 Å². The number of piperidine rings is 1. The lowest BCUT2D eigenvalue weighted by Gasteiger charge is -2.32. The molecule has 182 valence electrons. The van der Waals surface area contributed by atoms with Crippen molar-refractivity contribution in [2.75, 3.05) is 51.3 Å². The fourth-order valence-corrected chi connectivity index (χ4v) is 3.78. The van der Waals surface area contributed by atoms with Gasteiger partial charge in [0.15, 0.2) is 17.5 Å². The molecule has 0 atom stereocenters. The van der Waals surface area contributed by atoms with Crippen LogP contribution in [0.2, 0.25) is 0 Å². The summed E-state index contributed by atoms with van der Waals surface area (Å²) in [4.78, 5) is 9.12. The predicted octanol–water partition coefficient (Wildman–Crippen LogP) is 4.13. The number of para-hydroxylation sites is 1. The molecule has 33 heavy (non-hydrogen) atoms. The first kappa shape index (κ1) is 27.2. The molecule has 1 fully saturated rings. The molecule has 0 aliphatic carbocycles. The average molecular weight is 570 g/mol. The van der Waals surface area contributed by atoms with E-state index in [-0.39, 0.29) is 35.5 Å². The van der Waals surface area contributed by atoms with Crippen LogP contribution in [0.4, 0.5) is 10.1 Å². The maximum Gasteiger partial charge on any atom is 0.194 e. The van der Waals surface area contributed by atoms with Gasteiger partial charge >= 0.3 is 0 Å². The zero-order chi connectivity index (χ0) is 22.8. The van der Waals surface area contributed by atoms with Crippen LogP contribution in [-0.4, -0.2) is 62.4 Å². The number of aliphatic hydroxyl groups excluding tert-OH is 1. The molecule has 0 radical (unpaired) electrons. The molecule has 1 saturated heterocycles. The second-order valence-corrected chi connectivity index (χ2v) is 8.15. The molecular weight excluding hydrogens is 534 g/mol. The molecule has 2 N–H and O–H groups in total. The van der Waals surface area contributed by atoms with E-state index in [2.05, 4.69) is 34.5 Å². The van der Waals surface area contributed by atoms with Crippen LogP contribution in [-0.2, 0) is 6.54 Å². The molecule has 0 amide bonds. The summed E-state index contributed by atoms with van der Waals surface area (Å²) < 4.78 is 19.3. The fourth-order valence-electron chi connectivity index (χ4n) is 3.78.